The topological polar surface area (TPSA) is 21.7 Å². The molecule has 0 heterocycles. The molecule has 2 aromatic carbocycles. The van der Waals surface area contributed by atoms with Gasteiger partial charge in [0.25, 0.3) is 0 Å². The van der Waals surface area contributed by atoms with Gasteiger partial charge in [-0.05, 0) is 50.8 Å². The van der Waals surface area contributed by atoms with Crippen LogP contribution in [0.1, 0.15) is 6.42 Å². The average molecular weight is 342 g/mol. The van der Waals surface area contributed by atoms with E-state index in [1.807, 2.05) is 42.5 Å². The molecule has 0 spiro atoms. The van der Waals surface area contributed by atoms with Gasteiger partial charge in [0.05, 0.1) is 6.61 Å². The van der Waals surface area contributed by atoms with Crippen molar-refractivity contribution in [1.82, 2.24) is 4.90 Å². The lowest BCUT2D eigenvalue weighted by Crippen LogP contribution is -2.15. The van der Waals surface area contributed by atoms with Crippen molar-refractivity contribution in [2.45, 2.75) is 6.42 Å². The van der Waals surface area contributed by atoms with Gasteiger partial charge in [0.2, 0.25) is 0 Å². The van der Waals surface area contributed by atoms with E-state index in [0.29, 0.717) is 23.1 Å². The van der Waals surface area contributed by atoms with Crippen molar-refractivity contribution in [2.75, 3.05) is 27.2 Å². The SMILES string of the molecule is CN(C)CCCOc1ccccc1Oc1cccc(Cl)c1.Cl. The van der Waals surface area contributed by atoms with E-state index in [0.717, 1.165) is 18.7 Å². The van der Waals surface area contributed by atoms with E-state index in [4.69, 9.17) is 21.1 Å². The van der Waals surface area contributed by atoms with Crippen molar-refractivity contribution in [3.05, 3.63) is 53.6 Å². The van der Waals surface area contributed by atoms with E-state index in [-0.39, 0.29) is 12.4 Å². The molecule has 120 valence electrons. The molecule has 0 atom stereocenters. The fourth-order valence-corrected chi connectivity index (χ4v) is 2.05. The summed E-state index contributed by atoms with van der Waals surface area (Å²) in [7, 11) is 4.10. The van der Waals surface area contributed by atoms with Crippen molar-refractivity contribution in [3.63, 3.8) is 0 Å². The number of ether oxygens (including phenoxy) is 2. The normalized spacial score (nSPS) is 10.2. The Labute approximate surface area is 143 Å². The first kappa shape index (κ1) is 18.6. The zero-order chi connectivity index (χ0) is 15.1. The number of hydrogen-bond donors (Lipinski definition) is 0. The molecule has 0 bridgehead atoms. The Morgan fingerprint density at radius 3 is 2.41 bits per heavy atom. The van der Waals surface area contributed by atoms with Gasteiger partial charge in [-0.1, -0.05) is 29.8 Å². The van der Waals surface area contributed by atoms with E-state index >= 15 is 0 Å². The van der Waals surface area contributed by atoms with Gasteiger partial charge in [-0.15, -0.1) is 12.4 Å². The summed E-state index contributed by atoms with van der Waals surface area (Å²) in [5, 5.41) is 0.650. The van der Waals surface area contributed by atoms with Crippen molar-refractivity contribution >= 4 is 24.0 Å². The smallest absolute Gasteiger partial charge is 0.169 e. The Morgan fingerprint density at radius 2 is 1.73 bits per heavy atom. The van der Waals surface area contributed by atoms with Crippen LogP contribution in [-0.4, -0.2) is 32.1 Å². The molecular weight excluding hydrogens is 321 g/mol. The molecule has 0 saturated heterocycles. The quantitative estimate of drug-likeness (QED) is 0.669. The van der Waals surface area contributed by atoms with E-state index < -0.39 is 0 Å². The summed E-state index contributed by atoms with van der Waals surface area (Å²) in [6.07, 6.45) is 0.971. The Kier molecular flexibility index (Phi) is 8.10. The summed E-state index contributed by atoms with van der Waals surface area (Å²) in [5.74, 6) is 2.15. The highest BCUT2D eigenvalue weighted by atomic mass is 35.5. The molecule has 0 aromatic heterocycles. The first-order chi connectivity index (χ1) is 10.1. The third-order valence-corrected chi connectivity index (χ3v) is 3.12. The van der Waals surface area contributed by atoms with Gasteiger partial charge in [-0.25, -0.2) is 0 Å². The van der Waals surface area contributed by atoms with Gasteiger partial charge < -0.3 is 14.4 Å². The van der Waals surface area contributed by atoms with Crippen LogP contribution in [0.3, 0.4) is 0 Å². The molecule has 0 aliphatic carbocycles. The minimum atomic E-state index is 0. The number of hydrogen-bond acceptors (Lipinski definition) is 3. The van der Waals surface area contributed by atoms with Crippen LogP contribution >= 0.6 is 24.0 Å². The lowest BCUT2D eigenvalue weighted by atomic mass is 10.3. The zero-order valence-corrected chi connectivity index (χ0v) is 14.4. The van der Waals surface area contributed by atoms with Gasteiger partial charge in [-0.2, -0.15) is 0 Å². The molecular formula is C17H21Cl2NO2. The average Bonchev–Trinajstić information content (AvgIpc) is 2.45. The largest absolute Gasteiger partial charge is 0.490 e. The van der Waals surface area contributed by atoms with Gasteiger partial charge in [0, 0.05) is 11.6 Å². The highest BCUT2D eigenvalue weighted by Crippen LogP contribution is 2.32. The monoisotopic (exact) mass is 341 g/mol. The third kappa shape index (κ3) is 6.14. The van der Waals surface area contributed by atoms with Crippen LogP contribution in [0, 0.1) is 0 Å². The van der Waals surface area contributed by atoms with Crippen molar-refractivity contribution in [1.29, 1.82) is 0 Å². The zero-order valence-electron chi connectivity index (χ0n) is 12.8. The molecule has 2 rings (SSSR count). The summed E-state index contributed by atoms with van der Waals surface area (Å²) in [6, 6.07) is 15.0. The predicted octanol–water partition coefficient (Wildman–Crippen LogP) is 4.88. The molecule has 0 unspecified atom stereocenters. The molecule has 0 saturated carbocycles. The minimum Gasteiger partial charge on any atom is -0.490 e. The first-order valence-corrected chi connectivity index (χ1v) is 7.33. The maximum absolute atomic E-state index is 5.97. The van der Waals surface area contributed by atoms with Crippen LogP contribution in [0.25, 0.3) is 0 Å². The fraction of sp³-hybridized carbons (Fsp3) is 0.294. The van der Waals surface area contributed by atoms with Gasteiger partial charge in [-0.3, -0.25) is 0 Å². The van der Waals surface area contributed by atoms with E-state index in [1.165, 1.54) is 0 Å². The minimum absolute atomic E-state index is 0. The Bertz CT molecular complexity index is 576. The molecule has 2 aromatic rings. The van der Waals surface area contributed by atoms with Crippen LogP contribution < -0.4 is 9.47 Å². The van der Waals surface area contributed by atoms with Gasteiger partial charge in [0.1, 0.15) is 5.75 Å². The van der Waals surface area contributed by atoms with E-state index in [2.05, 4.69) is 19.0 Å². The Balaban J connectivity index is 0.00000242. The molecule has 0 radical (unpaired) electrons. The second-order valence-corrected chi connectivity index (χ2v) is 5.45. The maximum Gasteiger partial charge on any atom is 0.169 e. The van der Waals surface area contributed by atoms with Crippen LogP contribution in [0.15, 0.2) is 48.5 Å². The molecule has 0 fully saturated rings. The predicted molar refractivity (Wildman–Crippen MR) is 93.9 cm³/mol. The molecule has 5 heteroatoms. The Hall–Kier alpha value is -1.42. The van der Waals surface area contributed by atoms with Crippen molar-refractivity contribution in [2.24, 2.45) is 0 Å². The van der Waals surface area contributed by atoms with Crippen molar-refractivity contribution in [3.8, 4) is 17.2 Å². The summed E-state index contributed by atoms with van der Waals surface area (Å²) in [4.78, 5) is 2.14. The standard InChI is InChI=1S/C17H20ClNO2.ClH/c1-19(2)11-6-12-20-16-9-3-4-10-17(16)21-15-8-5-7-14(18)13-15;/h3-5,7-10,13H,6,11-12H2,1-2H3;1H. The molecule has 0 amide bonds. The second-order valence-electron chi connectivity index (χ2n) is 5.01. The first-order valence-electron chi connectivity index (χ1n) is 6.95. The summed E-state index contributed by atoms with van der Waals surface area (Å²) >= 11 is 5.97. The summed E-state index contributed by atoms with van der Waals surface area (Å²) in [6.45, 7) is 1.66. The number of halogens is 2. The van der Waals surface area contributed by atoms with Crippen LogP contribution in [0.2, 0.25) is 5.02 Å². The van der Waals surface area contributed by atoms with Crippen LogP contribution in [0.5, 0.6) is 17.2 Å². The fourth-order valence-electron chi connectivity index (χ4n) is 1.87. The van der Waals surface area contributed by atoms with Gasteiger partial charge >= 0.3 is 0 Å². The molecule has 0 aliphatic heterocycles. The Morgan fingerprint density at radius 1 is 1.00 bits per heavy atom. The molecule has 22 heavy (non-hydrogen) atoms. The highest BCUT2D eigenvalue weighted by Gasteiger charge is 2.06. The lowest BCUT2D eigenvalue weighted by molar-refractivity contribution is 0.272. The van der Waals surface area contributed by atoms with Crippen LogP contribution in [0.4, 0.5) is 0 Å². The lowest BCUT2D eigenvalue weighted by Gasteiger charge is -2.13. The molecule has 0 aliphatic rings. The number of rotatable bonds is 7. The van der Waals surface area contributed by atoms with E-state index in [1.54, 1.807) is 6.07 Å². The third-order valence-electron chi connectivity index (χ3n) is 2.88. The maximum atomic E-state index is 5.97. The molecule has 3 nitrogen and oxygen atoms in total. The summed E-state index contributed by atoms with van der Waals surface area (Å²) in [5.41, 5.74) is 0. The summed E-state index contributed by atoms with van der Waals surface area (Å²) < 4.78 is 11.7. The van der Waals surface area contributed by atoms with Gasteiger partial charge in [0.15, 0.2) is 11.5 Å². The van der Waals surface area contributed by atoms with Crippen LogP contribution in [-0.2, 0) is 0 Å². The van der Waals surface area contributed by atoms with Crippen molar-refractivity contribution < 1.29 is 9.47 Å². The van der Waals surface area contributed by atoms with E-state index in [9.17, 15) is 0 Å². The number of nitrogens with zero attached hydrogens (tertiary/aromatic N) is 1. The number of benzene rings is 2. The number of para-hydroxylation sites is 2. The molecule has 0 N–H and O–H groups in total. The second kappa shape index (κ2) is 9.57. The highest BCUT2D eigenvalue weighted by molar-refractivity contribution is 6.30.